The number of ether oxygens (including phenoxy) is 1. The molecule has 0 bridgehead atoms. The van der Waals surface area contributed by atoms with Gasteiger partial charge in [0.2, 0.25) is 0 Å². The van der Waals surface area contributed by atoms with Crippen LogP contribution in [0.25, 0.3) is 11.4 Å². The van der Waals surface area contributed by atoms with Crippen LogP contribution in [0, 0.1) is 10.1 Å². The summed E-state index contributed by atoms with van der Waals surface area (Å²) in [6.45, 7) is 3.24. The lowest BCUT2D eigenvalue weighted by molar-refractivity contribution is -0.384. The minimum absolute atomic E-state index is 0.0128. The first-order valence-electron chi connectivity index (χ1n) is 9.89. The van der Waals surface area contributed by atoms with Gasteiger partial charge in [-0.15, -0.1) is 0 Å². The summed E-state index contributed by atoms with van der Waals surface area (Å²) >= 11 is 0. The molecule has 0 aliphatic carbocycles. The minimum atomic E-state index is -0.419. The lowest BCUT2D eigenvalue weighted by Crippen LogP contribution is -2.23. The average molecular weight is 409 g/mol. The van der Waals surface area contributed by atoms with Gasteiger partial charge in [-0.05, 0) is 31.4 Å². The Morgan fingerprint density at radius 1 is 1.27 bits per heavy atom. The van der Waals surface area contributed by atoms with E-state index in [1.165, 1.54) is 12.1 Å². The summed E-state index contributed by atoms with van der Waals surface area (Å²) in [5.41, 5.74) is 1.66. The Kier molecular flexibility index (Phi) is 5.66. The molecule has 4 rings (SSSR count). The first kappa shape index (κ1) is 19.9. The largest absolute Gasteiger partial charge is 0.377 e. The number of methoxy groups -OCH3 is 1. The molecule has 1 aliphatic heterocycles. The van der Waals surface area contributed by atoms with Crippen molar-refractivity contribution in [2.45, 2.75) is 45.4 Å². The summed E-state index contributed by atoms with van der Waals surface area (Å²) in [6.07, 6.45) is 2.65. The van der Waals surface area contributed by atoms with Gasteiger partial charge in [-0.25, -0.2) is 19.6 Å². The van der Waals surface area contributed by atoms with Gasteiger partial charge >= 0.3 is 0 Å². The van der Waals surface area contributed by atoms with E-state index >= 15 is 0 Å². The maximum atomic E-state index is 10.9. The lowest BCUT2D eigenvalue weighted by atomic mass is 10.1. The Balaban J connectivity index is 1.62. The summed E-state index contributed by atoms with van der Waals surface area (Å²) in [6, 6.07) is 8.19. The van der Waals surface area contributed by atoms with Crippen molar-refractivity contribution in [2.75, 3.05) is 12.4 Å². The zero-order valence-electron chi connectivity index (χ0n) is 16.9. The smallest absolute Gasteiger partial charge is 0.269 e. The topological polar surface area (TPSA) is 121 Å². The third-order valence-electron chi connectivity index (χ3n) is 4.99. The number of aryl methyl sites for hydroxylation is 2. The van der Waals surface area contributed by atoms with Crippen molar-refractivity contribution >= 4 is 11.5 Å². The van der Waals surface area contributed by atoms with Crippen LogP contribution in [0.3, 0.4) is 0 Å². The molecule has 1 atom stereocenters. The fourth-order valence-electron chi connectivity index (χ4n) is 3.52. The van der Waals surface area contributed by atoms with Crippen LogP contribution in [-0.4, -0.2) is 36.8 Å². The highest BCUT2D eigenvalue weighted by Gasteiger charge is 2.25. The molecule has 30 heavy (non-hydrogen) atoms. The van der Waals surface area contributed by atoms with Crippen molar-refractivity contribution in [3.05, 3.63) is 57.8 Å². The number of hydrogen-bond acceptors (Lipinski definition) is 8. The molecule has 0 spiro atoms. The molecule has 156 valence electrons. The maximum Gasteiger partial charge on any atom is 0.269 e. The minimum Gasteiger partial charge on any atom is -0.377 e. The van der Waals surface area contributed by atoms with Crippen LogP contribution in [0.1, 0.15) is 43.1 Å². The van der Waals surface area contributed by atoms with Gasteiger partial charge in [0, 0.05) is 43.1 Å². The van der Waals surface area contributed by atoms with Gasteiger partial charge in [-0.3, -0.25) is 10.1 Å². The number of nitrogens with one attached hydrogen (secondary N) is 1. The number of hydrogen-bond donors (Lipinski definition) is 1. The van der Waals surface area contributed by atoms with Crippen molar-refractivity contribution in [1.29, 1.82) is 0 Å². The van der Waals surface area contributed by atoms with E-state index in [0.29, 0.717) is 24.1 Å². The van der Waals surface area contributed by atoms with Crippen LogP contribution < -0.4 is 5.32 Å². The van der Waals surface area contributed by atoms with Crippen LogP contribution in [0.15, 0.2) is 30.3 Å². The molecule has 3 aromatic rings. The number of non-ortho nitro benzene ring substituents is 1. The van der Waals surface area contributed by atoms with Crippen molar-refractivity contribution in [3.8, 4) is 11.4 Å². The number of rotatable bonds is 7. The second kappa shape index (κ2) is 8.54. The predicted molar refractivity (Wildman–Crippen MR) is 110 cm³/mol. The zero-order valence-corrected chi connectivity index (χ0v) is 16.9. The Morgan fingerprint density at radius 2 is 2.07 bits per heavy atom. The predicted octanol–water partition coefficient (Wildman–Crippen LogP) is 3.30. The van der Waals surface area contributed by atoms with E-state index in [9.17, 15) is 10.1 Å². The monoisotopic (exact) mass is 409 g/mol. The fraction of sp³-hybridized carbons (Fsp3) is 0.400. The van der Waals surface area contributed by atoms with E-state index in [-0.39, 0.29) is 11.7 Å². The normalized spacial score (nSPS) is 15.6. The average Bonchev–Trinajstić information content (AvgIpc) is 3.17. The van der Waals surface area contributed by atoms with Crippen LogP contribution in [0.2, 0.25) is 0 Å². The summed E-state index contributed by atoms with van der Waals surface area (Å²) in [5, 5.41) is 18.9. The molecule has 1 aromatic carbocycles. The van der Waals surface area contributed by atoms with Gasteiger partial charge in [0.25, 0.3) is 5.69 Å². The summed E-state index contributed by atoms with van der Waals surface area (Å²) in [4.78, 5) is 24.4. The second-order valence-electron chi connectivity index (χ2n) is 7.11. The van der Waals surface area contributed by atoms with E-state index in [1.54, 1.807) is 19.2 Å². The summed E-state index contributed by atoms with van der Waals surface area (Å²) < 4.78 is 7.08. The van der Waals surface area contributed by atoms with Crippen LogP contribution in [-0.2, 0) is 24.3 Å². The number of nitrogens with zero attached hydrogens (tertiary/aromatic N) is 6. The van der Waals surface area contributed by atoms with E-state index in [1.807, 2.05) is 17.7 Å². The molecule has 10 heteroatoms. The van der Waals surface area contributed by atoms with Gasteiger partial charge in [0.05, 0.1) is 11.0 Å². The Hall–Kier alpha value is -3.40. The van der Waals surface area contributed by atoms with Crippen LogP contribution in [0.4, 0.5) is 11.5 Å². The standard InChI is InChI=1S/C20H23N7O3/c1-3-14-11-17(23-19(21-14)13-6-8-15(9-7-13)27(28)29)22-16-5-4-10-26-20(16)24-18(25-26)12-30-2/h6-9,11,16H,3-5,10,12H2,1-2H3,(H,21,22,23). The van der Waals surface area contributed by atoms with E-state index in [4.69, 9.17) is 4.74 Å². The first-order chi connectivity index (χ1) is 14.6. The SMILES string of the molecule is CCc1cc(NC2CCCn3nc(COC)nc32)nc(-c2ccc([N+](=O)[O-])cc2)n1. The number of nitro benzene ring substituents is 1. The molecule has 0 radical (unpaired) electrons. The third kappa shape index (κ3) is 4.13. The van der Waals surface area contributed by atoms with E-state index < -0.39 is 4.92 Å². The molecular weight excluding hydrogens is 386 g/mol. The molecule has 1 N–H and O–H groups in total. The molecule has 3 heterocycles. The number of anilines is 1. The van der Waals surface area contributed by atoms with Gasteiger partial charge in [0.15, 0.2) is 11.6 Å². The number of benzene rings is 1. The highest BCUT2D eigenvalue weighted by Crippen LogP contribution is 2.28. The maximum absolute atomic E-state index is 10.9. The lowest BCUT2D eigenvalue weighted by Gasteiger charge is -2.24. The van der Waals surface area contributed by atoms with Crippen molar-refractivity contribution < 1.29 is 9.66 Å². The van der Waals surface area contributed by atoms with Gasteiger partial charge in [0.1, 0.15) is 18.2 Å². The highest BCUT2D eigenvalue weighted by molar-refractivity contribution is 5.59. The first-order valence-corrected chi connectivity index (χ1v) is 9.89. The molecule has 0 saturated carbocycles. The molecule has 0 saturated heterocycles. The molecule has 1 unspecified atom stereocenters. The molecule has 0 fully saturated rings. The van der Waals surface area contributed by atoms with E-state index in [2.05, 4.69) is 25.4 Å². The van der Waals surface area contributed by atoms with Crippen LogP contribution >= 0.6 is 0 Å². The Bertz CT molecular complexity index is 1050. The zero-order chi connectivity index (χ0) is 21.1. The quantitative estimate of drug-likeness (QED) is 0.466. The third-order valence-corrected chi connectivity index (χ3v) is 4.99. The van der Waals surface area contributed by atoms with Crippen molar-refractivity contribution in [3.63, 3.8) is 0 Å². The Labute approximate surface area is 173 Å². The number of nitro groups is 1. The number of fused-ring (bicyclic) bond motifs is 1. The summed E-state index contributed by atoms with van der Waals surface area (Å²) in [5.74, 6) is 2.78. The summed E-state index contributed by atoms with van der Waals surface area (Å²) in [7, 11) is 1.63. The van der Waals surface area contributed by atoms with Gasteiger partial charge in [-0.1, -0.05) is 6.92 Å². The van der Waals surface area contributed by atoms with Gasteiger partial charge in [-0.2, -0.15) is 5.10 Å². The number of aromatic nitrogens is 5. The van der Waals surface area contributed by atoms with Crippen LogP contribution in [0.5, 0.6) is 0 Å². The highest BCUT2D eigenvalue weighted by atomic mass is 16.6. The van der Waals surface area contributed by atoms with Crippen molar-refractivity contribution in [2.24, 2.45) is 0 Å². The van der Waals surface area contributed by atoms with E-state index in [0.717, 1.165) is 42.9 Å². The molecule has 0 amide bonds. The van der Waals surface area contributed by atoms with Crippen molar-refractivity contribution in [1.82, 2.24) is 24.7 Å². The second-order valence-corrected chi connectivity index (χ2v) is 7.11. The molecule has 2 aromatic heterocycles. The molecular formula is C20H23N7O3. The van der Waals surface area contributed by atoms with Gasteiger partial charge < -0.3 is 10.1 Å². The molecule has 1 aliphatic rings. The Morgan fingerprint density at radius 3 is 2.77 bits per heavy atom. The fourth-order valence-corrected chi connectivity index (χ4v) is 3.52. The molecule has 10 nitrogen and oxygen atoms in total.